The monoisotopic (exact) mass is 286 g/mol. The predicted molar refractivity (Wildman–Crippen MR) is 68.9 cm³/mol. The largest absolute Gasteiger partial charge is 0.340 e. The van der Waals surface area contributed by atoms with Gasteiger partial charge in [0.2, 0.25) is 0 Å². The van der Waals surface area contributed by atoms with Crippen LogP contribution in [0.25, 0.3) is 0 Å². The van der Waals surface area contributed by atoms with Gasteiger partial charge in [0, 0.05) is 19.6 Å². The summed E-state index contributed by atoms with van der Waals surface area (Å²) in [7, 11) is 1.53. The van der Waals surface area contributed by atoms with E-state index in [9.17, 15) is 18.0 Å². The van der Waals surface area contributed by atoms with Gasteiger partial charge in [-0.2, -0.15) is 0 Å². The van der Waals surface area contributed by atoms with Crippen molar-refractivity contribution in [2.24, 2.45) is 0 Å². The Balaban J connectivity index is 2.08. The molecule has 0 aromatic heterocycles. The Bertz CT molecular complexity index is 501. The van der Waals surface area contributed by atoms with Crippen LogP contribution in [0.4, 0.5) is 13.2 Å². The van der Waals surface area contributed by atoms with E-state index in [1.165, 1.54) is 11.9 Å². The van der Waals surface area contributed by atoms with Gasteiger partial charge in [0.1, 0.15) is 0 Å². The lowest BCUT2D eigenvalue weighted by Gasteiger charge is -2.28. The predicted octanol–water partition coefficient (Wildman–Crippen LogP) is 2.32. The summed E-state index contributed by atoms with van der Waals surface area (Å²) in [4.78, 5) is 13.4. The van der Waals surface area contributed by atoms with Crippen LogP contribution in [-0.2, 0) is 0 Å². The topological polar surface area (TPSA) is 32.3 Å². The third-order valence-electron chi connectivity index (χ3n) is 3.52. The van der Waals surface area contributed by atoms with Gasteiger partial charge < -0.3 is 10.2 Å². The number of carbonyl (C=O) groups excluding carboxylic acids is 1. The quantitative estimate of drug-likeness (QED) is 0.865. The maximum Gasteiger partial charge on any atom is 0.256 e. The molecule has 1 aliphatic rings. The Morgan fingerprint density at radius 1 is 1.30 bits per heavy atom. The fourth-order valence-corrected chi connectivity index (χ4v) is 2.39. The standard InChI is InChI=1S/C14H17F3N2O/c1-19(8-9-4-2-3-7-18-9)14(20)10-5-6-11(15)13(17)12(10)16/h5-6,9,18H,2-4,7-8H2,1H3. The van der Waals surface area contributed by atoms with Gasteiger partial charge in [-0.25, -0.2) is 13.2 Å². The van der Waals surface area contributed by atoms with Gasteiger partial charge in [-0.1, -0.05) is 6.42 Å². The van der Waals surface area contributed by atoms with Crippen molar-refractivity contribution < 1.29 is 18.0 Å². The van der Waals surface area contributed by atoms with Crippen molar-refractivity contribution in [3.8, 4) is 0 Å². The second-order valence-electron chi connectivity index (χ2n) is 5.06. The van der Waals surface area contributed by atoms with E-state index in [1.807, 2.05) is 0 Å². The van der Waals surface area contributed by atoms with Crippen molar-refractivity contribution in [2.75, 3.05) is 20.1 Å². The summed E-state index contributed by atoms with van der Waals surface area (Å²) in [5, 5.41) is 3.27. The SMILES string of the molecule is CN(CC1CCCCN1)C(=O)c1ccc(F)c(F)c1F. The van der Waals surface area contributed by atoms with E-state index in [2.05, 4.69) is 5.32 Å². The van der Waals surface area contributed by atoms with Gasteiger partial charge in [0.15, 0.2) is 17.5 Å². The molecule has 6 heteroatoms. The van der Waals surface area contributed by atoms with Crippen LogP contribution < -0.4 is 5.32 Å². The highest BCUT2D eigenvalue weighted by atomic mass is 19.2. The van der Waals surface area contributed by atoms with Crippen molar-refractivity contribution in [1.82, 2.24) is 10.2 Å². The van der Waals surface area contributed by atoms with E-state index in [4.69, 9.17) is 0 Å². The van der Waals surface area contributed by atoms with Crippen molar-refractivity contribution >= 4 is 5.91 Å². The lowest BCUT2D eigenvalue weighted by molar-refractivity contribution is 0.0769. The molecule has 110 valence electrons. The van der Waals surface area contributed by atoms with Gasteiger partial charge in [-0.3, -0.25) is 4.79 Å². The minimum Gasteiger partial charge on any atom is -0.340 e. The number of piperidine rings is 1. The molecule has 1 aromatic rings. The third kappa shape index (κ3) is 3.12. The first kappa shape index (κ1) is 14.8. The molecule has 1 N–H and O–H groups in total. The maximum absolute atomic E-state index is 13.6. The van der Waals surface area contributed by atoms with E-state index in [0.29, 0.717) is 6.54 Å². The Kier molecular flexibility index (Phi) is 4.65. The Labute approximate surface area is 115 Å². The summed E-state index contributed by atoms with van der Waals surface area (Å²) in [6, 6.07) is 1.89. The van der Waals surface area contributed by atoms with Crippen molar-refractivity contribution in [3.05, 3.63) is 35.1 Å². The lowest BCUT2D eigenvalue weighted by atomic mass is 10.0. The number of nitrogens with zero attached hydrogens (tertiary/aromatic N) is 1. The third-order valence-corrected chi connectivity index (χ3v) is 3.52. The van der Waals surface area contributed by atoms with Crippen molar-refractivity contribution in [1.29, 1.82) is 0 Å². The number of hydrogen-bond acceptors (Lipinski definition) is 2. The number of likely N-dealkylation sites (N-methyl/N-ethyl adjacent to an activating group) is 1. The van der Waals surface area contributed by atoms with Crippen LogP contribution in [0.1, 0.15) is 29.6 Å². The maximum atomic E-state index is 13.6. The summed E-state index contributed by atoms with van der Waals surface area (Å²) in [5.41, 5.74) is -0.442. The highest BCUT2D eigenvalue weighted by Crippen LogP contribution is 2.17. The molecule has 0 aliphatic carbocycles. The smallest absolute Gasteiger partial charge is 0.256 e. The van der Waals surface area contributed by atoms with Crippen LogP contribution >= 0.6 is 0 Å². The number of rotatable bonds is 3. The molecule has 1 fully saturated rings. The van der Waals surface area contributed by atoms with E-state index in [1.54, 1.807) is 0 Å². The molecule has 0 bridgehead atoms. The van der Waals surface area contributed by atoms with Gasteiger partial charge in [0.25, 0.3) is 5.91 Å². The molecule has 1 unspecified atom stereocenters. The van der Waals surface area contributed by atoms with E-state index in [-0.39, 0.29) is 6.04 Å². The zero-order chi connectivity index (χ0) is 14.7. The summed E-state index contributed by atoms with van der Waals surface area (Å²) in [6.45, 7) is 1.31. The normalized spacial score (nSPS) is 18.9. The van der Waals surface area contributed by atoms with E-state index >= 15 is 0 Å². The molecule has 1 saturated heterocycles. The molecule has 2 rings (SSSR count). The van der Waals surface area contributed by atoms with Gasteiger partial charge in [-0.05, 0) is 31.5 Å². The average molecular weight is 286 g/mol. The number of benzene rings is 1. The summed E-state index contributed by atoms with van der Waals surface area (Å²) >= 11 is 0. The molecular formula is C14H17F3N2O. The number of amides is 1. The first-order chi connectivity index (χ1) is 9.50. The Morgan fingerprint density at radius 3 is 2.70 bits per heavy atom. The van der Waals surface area contributed by atoms with Crippen molar-refractivity contribution in [3.63, 3.8) is 0 Å². The highest BCUT2D eigenvalue weighted by Gasteiger charge is 2.23. The van der Waals surface area contributed by atoms with Crippen LogP contribution in [-0.4, -0.2) is 37.0 Å². The molecule has 0 saturated carbocycles. The van der Waals surface area contributed by atoms with Crippen LogP contribution in [0.3, 0.4) is 0 Å². The molecule has 20 heavy (non-hydrogen) atoms. The van der Waals surface area contributed by atoms with E-state index < -0.39 is 28.9 Å². The first-order valence-corrected chi connectivity index (χ1v) is 6.63. The van der Waals surface area contributed by atoms with Gasteiger partial charge in [-0.15, -0.1) is 0 Å². The van der Waals surface area contributed by atoms with Crippen LogP contribution in [0, 0.1) is 17.5 Å². The average Bonchev–Trinajstić information content (AvgIpc) is 2.45. The highest BCUT2D eigenvalue weighted by molar-refractivity contribution is 5.94. The molecule has 0 radical (unpaired) electrons. The number of hydrogen-bond donors (Lipinski definition) is 1. The Morgan fingerprint density at radius 2 is 2.05 bits per heavy atom. The molecule has 3 nitrogen and oxygen atoms in total. The first-order valence-electron chi connectivity index (χ1n) is 6.63. The summed E-state index contributed by atoms with van der Waals surface area (Å²) < 4.78 is 39.6. The number of halogens is 3. The van der Waals surface area contributed by atoms with Gasteiger partial charge >= 0.3 is 0 Å². The second kappa shape index (κ2) is 6.26. The van der Waals surface area contributed by atoms with Gasteiger partial charge in [0.05, 0.1) is 5.56 Å². The molecule has 1 atom stereocenters. The van der Waals surface area contributed by atoms with Crippen LogP contribution in [0.2, 0.25) is 0 Å². The summed E-state index contributed by atoms with van der Waals surface area (Å²) in [6.07, 6.45) is 3.13. The second-order valence-corrected chi connectivity index (χ2v) is 5.06. The molecule has 1 heterocycles. The van der Waals surface area contributed by atoms with E-state index in [0.717, 1.165) is 37.9 Å². The Hall–Kier alpha value is -1.56. The number of nitrogens with one attached hydrogen (secondary N) is 1. The summed E-state index contributed by atoms with van der Waals surface area (Å²) in [5.74, 6) is -4.98. The van der Waals surface area contributed by atoms with Crippen LogP contribution in [0.5, 0.6) is 0 Å². The molecule has 0 spiro atoms. The molecule has 1 aromatic carbocycles. The molecule has 1 amide bonds. The fraction of sp³-hybridized carbons (Fsp3) is 0.500. The molecular weight excluding hydrogens is 269 g/mol. The zero-order valence-corrected chi connectivity index (χ0v) is 11.3. The zero-order valence-electron chi connectivity index (χ0n) is 11.3. The minimum absolute atomic E-state index is 0.158. The fourth-order valence-electron chi connectivity index (χ4n) is 2.39. The lowest BCUT2D eigenvalue weighted by Crippen LogP contribution is -2.44. The van der Waals surface area contributed by atoms with Crippen molar-refractivity contribution in [2.45, 2.75) is 25.3 Å². The van der Waals surface area contributed by atoms with Crippen LogP contribution in [0.15, 0.2) is 12.1 Å². The number of carbonyl (C=O) groups is 1. The minimum atomic E-state index is -1.61. The molecule has 1 aliphatic heterocycles.